The summed E-state index contributed by atoms with van der Waals surface area (Å²) in [4.78, 5) is 39.8. The fourth-order valence-electron chi connectivity index (χ4n) is 4.35. The monoisotopic (exact) mass is 430 g/mol. The van der Waals surface area contributed by atoms with E-state index in [0.717, 1.165) is 37.8 Å². The third-order valence-electron chi connectivity index (χ3n) is 6.10. The molecule has 6 rings (SSSR count). The van der Waals surface area contributed by atoms with Gasteiger partial charge in [-0.15, -0.1) is 0 Å². The molecular weight excluding hydrogens is 408 g/mol. The third-order valence-corrected chi connectivity index (χ3v) is 6.10. The molecule has 2 aliphatic heterocycles. The van der Waals surface area contributed by atoms with Gasteiger partial charge in [-0.3, -0.25) is 19.9 Å². The molecule has 0 radical (unpaired) electrons. The molecule has 162 valence electrons. The van der Waals surface area contributed by atoms with Crippen molar-refractivity contribution in [3.63, 3.8) is 0 Å². The maximum absolute atomic E-state index is 12.1. The number of rotatable bonds is 5. The molecular formula is C22H22N8O2. The summed E-state index contributed by atoms with van der Waals surface area (Å²) in [5.74, 6) is 0.608. The van der Waals surface area contributed by atoms with E-state index in [1.165, 1.54) is 0 Å². The Bertz CT molecular complexity index is 1250. The quantitative estimate of drug-likeness (QED) is 0.465. The minimum absolute atomic E-state index is 0.0660. The minimum Gasteiger partial charge on any atom is -0.351 e. The van der Waals surface area contributed by atoms with E-state index in [-0.39, 0.29) is 24.3 Å². The summed E-state index contributed by atoms with van der Waals surface area (Å²) in [5.41, 5.74) is 2.84. The van der Waals surface area contributed by atoms with Gasteiger partial charge in [-0.05, 0) is 43.4 Å². The second-order valence-corrected chi connectivity index (χ2v) is 8.46. The summed E-state index contributed by atoms with van der Waals surface area (Å²) in [6, 6.07) is 4.58. The number of amides is 2. The van der Waals surface area contributed by atoms with Gasteiger partial charge in [0.2, 0.25) is 17.8 Å². The van der Waals surface area contributed by atoms with Crippen LogP contribution in [-0.4, -0.2) is 49.0 Å². The normalized spacial score (nSPS) is 22.2. The molecule has 2 N–H and O–H groups in total. The number of carbonyl (C=O) groups excluding carboxylic acids is 2. The van der Waals surface area contributed by atoms with Crippen molar-refractivity contribution in [1.82, 2.24) is 29.9 Å². The van der Waals surface area contributed by atoms with Gasteiger partial charge in [-0.2, -0.15) is 19.6 Å². The van der Waals surface area contributed by atoms with Gasteiger partial charge in [0.25, 0.3) is 5.91 Å². The number of hydrogen-bond acceptors (Lipinski definition) is 8. The summed E-state index contributed by atoms with van der Waals surface area (Å²) in [6.45, 7) is 0.847. The van der Waals surface area contributed by atoms with Crippen LogP contribution in [0, 0.1) is 0 Å². The number of imide groups is 1. The molecule has 1 unspecified atom stereocenters. The lowest BCUT2D eigenvalue weighted by atomic mass is 10.1. The van der Waals surface area contributed by atoms with Crippen molar-refractivity contribution < 1.29 is 9.59 Å². The Labute approximate surface area is 183 Å². The van der Waals surface area contributed by atoms with E-state index in [4.69, 9.17) is 9.97 Å². The van der Waals surface area contributed by atoms with Crippen molar-refractivity contribution >= 4 is 35.4 Å². The van der Waals surface area contributed by atoms with Crippen molar-refractivity contribution in [2.45, 2.75) is 44.2 Å². The highest BCUT2D eigenvalue weighted by Crippen LogP contribution is 2.35. The molecule has 2 saturated heterocycles. The van der Waals surface area contributed by atoms with Crippen LogP contribution in [0.15, 0.2) is 36.3 Å². The van der Waals surface area contributed by atoms with E-state index >= 15 is 0 Å². The number of fused-ring (bicyclic) bond motifs is 1. The molecule has 3 aliphatic rings. The van der Waals surface area contributed by atoms with E-state index in [1.54, 1.807) is 23.0 Å². The number of nitrogens with zero attached hydrogens (tertiary/aromatic N) is 6. The predicted octanol–water partition coefficient (Wildman–Crippen LogP) is 1.86. The van der Waals surface area contributed by atoms with Crippen molar-refractivity contribution in [1.29, 1.82) is 0 Å². The first-order chi connectivity index (χ1) is 15.7. The first-order valence-corrected chi connectivity index (χ1v) is 10.9. The first kappa shape index (κ1) is 18.9. The second-order valence-electron chi connectivity index (χ2n) is 8.46. The van der Waals surface area contributed by atoms with E-state index in [0.29, 0.717) is 34.7 Å². The standard InChI is InChI=1S/C22H22N8O2/c31-18-10-14(20(32)26-18)9-15-12-24-30-19(15)27-21(28-22(30)25-16-5-6-16)29-8-2-4-17(29)13-3-1-7-23-11-13/h1,3,7,9,11-12,16-17H,2,4-6,8,10H2,(H,25,27,28)(H,26,31,32)/b14-9+. The van der Waals surface area contributed by atoms with Gasteiger partial charge in [0.1, 0.15) is 0 Å². The molecule has 1 atom stereocenters. The third kappa shape index (κ3) is 3.37. The lowest BCUT2D eigenvalue weighted by Gasteiger charge is -2.25. The molecule has 1 aliphatic carbocycles. The van der Waals surface area contributed by atoms with Gasteiger partial charge < -0.3 is 10.2 Å². The van der Waals surface area contributed by atoms with Crippen LogP contribution in [0.4, 0.5) is 11.9 Å². The average molecular weight is 430 g/mol. The SMILES string of the molecule is O=C1C/C(=C\c2cnn3c(NC4CC4)nc(N4CCCC4c4cccnc4)nc23)C(=O)N1. The largest absolute Gasteiger partial charge is 0.351 e. The summed E-state index contributed by atoms with van der Waals surface area (Å²) in [6.07, 6.45) is 11.3. The van der Waals surface area contributed by atoms with Gasteiger partial charge in [0.05, 0.1) is 18.7 Å². The Morgan fingerprint density at radius 1 is 1.16 bits per heavy atom. The van der Waals surface area contributed by atoms with Gasteiger partial charge in [0, 0.05) is 36.1 Å². The molecule has 5 heterocycles. The summed E-state index contributed by atoms with van der Waals surface area (Å²) in [5, 5.41) is 10.2. The molecule has 0 spiro atoms. The summed E-state index contributed by atoms with van der Waals surface area (Å²) >= 11 is 0. The number of pyridine rings is 1. The highest BCUT2D eigenvalue weighted by atomic mass is 16.2. The van der Waals surface area contributed by atoms with E-state index in [1.807, 2.05) is 12.3 Å². The molecule has 3 aromatic rings. The van der Waals surface area contributed by atoms with E-state index in [2.05, 4.69) is 31.7 Å². The number of anilines is 2. The van der Waals surface area contributed by atoms with Crippen molar-refractivity contribution in [3.8, 4) is 0 Å². The lowest BCUT2D eigenvalue weighted by molar-refractivity contribution is -0.124. The van der Waals surface area contributed by atoms with Crippen LogP contribution in [0.5, 0.6) is 0 Å². The fourth-order valence-corrected chi connectivity index (χ4v) is 4.35. The summed E-state index contributed by atoms with van der Waals surface area (Å²) in [7, 11) is 0. The Morgan fingerprint density at radius 2 is 2.06 bits per heavy atom. The maximum Gasteiger partial charge on any atom is 0.254 e. The highest BCUT2D eigenvalue weighted by molar-refractivity contribution is 6.15. The van der Waals surface area contributed by atoms with Gasteiger partial charge in [-0.25, -0.2) is 0 Å². The molecule has 2 amide bonds. The smallest absolute Gasteiger partial charge is 0.254 e. The van der Waals surface area contributed by atoms with Crippen LogP contribution < -0.4 is 15.5 Å². The molecule has 10 nitrogen and oxygen atoms in total. The zero-order valence-electron chi connectivity index (χ0n) is 17.4. The van der Waals surface area contributed by atoms with E-state index in [9.17, 15) is 9.59 Å². The lowest BCUT2D eigenvalue weighted by Crippen LogP contribution is -2.26. The molecule has 0 bridgehead atoms. The molecule has 3 fully saturated rings. The van der Waals surface area contributed by atoms with Gasteiger partial charge >= 0.3 is 0 Å². The van der Waals surface area contributed by atoms with Crippen LogP contribution >= 0.6 is 0 Å². The second kappa shape index (κ2) is 7.40. The Kier molecular flexibility index (Phi) is 4.37. The number of aromatic nitrogens is 5. The average Bonchev–Trinajstić information content (AvgIpc) is 3.18. The maximum atomic E-state index is 12.1. The van der Waals surface area contributed by atoms with Crippen LogP contribution in [0.1, 0.15) is 49.3 Å². The van der Waals surface area contributed by atoms with Crippen molar-refractivity contribution in [2.24, 2.45) is 0 Å². The Morgan fingerprint density at radius 3 is 2.81 bits per heavy atom. The zero-order chi connectivity index (χ0) is 21.7. The van der Waals surface area contributed by atoms with Gasteiger partial charge in [0.15, 0.2) is 5.65 Å². The molecule has 0 aromatic carbocycles. The summed E-state index contributed by atoms with van der Waals surface area (Å²) < 4.78 is 1.68. The van der Waals surface area contributed by atoms with Crippen LogP contribution in [0.2, 0.25) is 0 Å². The van der Waals surface area contributed by atoms with Crippen molar-refractivity contribution in [3.05, 3.63) is 47.4 Å². The highest BCUT2D eigenvalue weighted by Gasteiger charge is 2.31. The Balaban J connectivity index is 1.44. The van der Waals surface area contributed by atoms with Crippen LogP contribution in [0.25, 0.3) is 11.7 Å². The number of carbonyl (C=O) groups is 2. The Hall–Kier alpha value is -3.82. The molecule has 3 aromatic heterocycles. The van der Waals surface area contributed by atoms with Crippen LogP contribution in [-0.2, 0) is 9.59 Å². The van der Waals surface area contributed by atoms with Gasteiger partial charge in [-0.1, -0.05) is 6.07 Å². The van der Waals surface area contributed by atoms with Crippen LogP contribution in [0.3, 0.4) is 0 Å². The fraction of sp³-hybridized carbons (Fsp3) is 0.364. The molecule has 32 heavy (non-hydrogen) atoms. The molecule has 10 heteroatoms. The minimum atomic E-state index is -0.365. The molecule has 1 saturated carbocycles. The predicted molar refractivity (Wildman–Crippen MR) is 117 cm³/mol. The van der Waals surface area contributed by atoms with Crippen molar-refractivity contribution in [2.75, 3.05) is 16.8 Å². The first-order valence-electron chi connectivity index (χ1n) is 10.9. The number of nitrogens with one attached hydrogen (secondary N) is 2. The van der Waals surface area contributed by atoms with E-state index < -0.39 is 0 Å². The topological polar surface area (TPSA) is 117 Å². The number of hydrogen-bond donors (Lipinski definition) is 2. The zero-order valence-corrected chi connectivity index (χ0v) is 17.4.